The first-order valence-corrected chi connectivity index (χ1v) is 9.91. The average molecular weight is 368 g/mol. The van der Waals surface area contributed by atoms with Crippen LogP contribution in [-0.2, 0) is 9.47 Å². The molecule has 1 spiro atoms. The molecule has 0 amide bonds. The van der Waals surface area contributed by atoms with Gasteiger partial charge >= 0.3 is 0 Å². The normalized spacial score (nSPS) is 20.0. The van der Waals surface area contributed by atoms with Gasteiger partial charge in [-0.1, -0.05) is 37.3 Å². The molecule has 2 aromatic rings. The van der Waals surface area contributed by atoms with Crippen LogP contribution in [0.15, 0.2) is 36.4 Å². The highest BCUT2D eigenvalue weighted by Crippen LogP contribution is 2.33. The molecule has 3 heterocycles. The predicted octanol–water partition coefficient (Wildman–Crippen LogP) is 3.70. The van der Waals surface area contributed by atoms with E-state index in [9.17, 15) is 0 Å². The summed E-state index contributed by atoms with van der Waals surface area (Å²) in [7, 11) is 0. The van der Waals surface area contributed by atoms with Crippen molar-refractivity contribution in [1.82, 2.24) is 9.97 Å². The third kappa shape index (κ3) is 4.06. The zero-order chi connectivity index (χ0) is 18.7. The lowest BCUT2D eigenvalue weighted by Gasteiger charge is -2.37. The first-order chi connectivity index (χ1) is 13.2. The second-order valence-corrected chi connectivity index (χ2v) is 7.35. The Morgan fingerprint density at radius 2 is 1.81 bits per heavy atom. The van der Waals surface area contributed by atoms with E-state index in [1.807, 2.05) is 24.3 Å². The van der Waals surface area contributed by atoms with Gasteiger partial charge in [0.2, 0.25) is 5.95 Å². The molecule has 0 saturated carbocycles. The Kier molecular flexibility index (Phi) is 5.27. The van der Waals surface area contributed by atoms with Gasteiger partial charge in [-0.25, -0.2) is 4.98 Å². The van der Waals surface area contributed by atoms with Crippen molar-refractivity contribution in [3.8, 4) is 11.3 Å². The summed E-state index contributed by atoms with van der Waals surface area (Å²) >= 11 is 0. The maximum absolute atomic E-state index is 5.85. The Morgan fingerprint density at radius 1 is 1.11 bits per heavy atom. The average Bonchev–Trinajstić information content (AvgIpc) is 3.17. The minimum atomic E-state index is -0.384. The maximum atomic E-state index is 5.85. The Hall–Kier alpha value is -2.18. The van der Waals surface area contributed by atoms with Crippen LogP contribution in [0.25, 0.3) is 11.3 Å². The topological polar surface area (TPSA) is 59.5 Å². The van der Waals surface area contributed by atoms with Crippen LogP contribution in [0.1, 0.15) is 33.1 Å². The van der Waals surface area contributed by atoms with Gasteiger partial charge in [0.15, 0.2) is 5.79 Å². The van der Waals surface area contributed by atoms with E-state index in [4.69, 9.17) is 19.4 Å². The molecule has 0 aliphatic carbocycles. The van der Waals surface area contributed by atoms with Crippen LogP contribution in [0.3, 0.4) is 0 Å². The largest absolute Gasteiger partial charge is 0.367 e. The van der Waals surface area contributed by atoms with Crippen LogP contribution in [-0.4, -0.2) is 48.1 Å². The van der Waals surface area contributed by atoms with Crippen molar-refractivity contribution >= 4 is 11.8 Å². The molecule has 2 aliphatic rings. The quantitative estimate of drug-likeness (QED) is 0.868. The number of hydrogen-bond acceptors (Lipinski definition) is 6. The van der Waals surface area contributed by atoms with E-state index in [1.165, 1.54) is 0 Å². The zero-order valence-electron chi connectivity index (χ0n) is 16.1. The first kappa shape index (κ1) is 18.2. The molecular weight excluding hydrogens is 340 g/mol. The van der Waals surface area contributed by atoms with Gasteiger partial charge < -0.3 is 19.7 Å². The van der Waals surface area contributed by atoms with Crippen molar-refractivity contribution in [1.29, 1.82) is 0 Å². The third-order valence-electron chi connectivity index (χ3n) is 5.41. The van der Waals surface area contributed by atoms with E-state index in [0.717, 1.165) is 55.4 Å². The minimum absolute atomic E-state index is 0.362. The lowest BCUT2D eigenvalue weighted by atomic mass is 10.0. The number of benzene rings is 1. The molecule has 1 atom stereocenters. The van der Waals surface area contributed by atoms with Crippen LogP contribution < -0.4 is 10.2 Å². The number of nitrogens with one attached hydrogen (secondary N) is 1. The molecule has 4 rings (SSSR count). The number of anilines is 2. The standard InChI is InChI=1S/C21H28N4O2/c1-3-16(2)22-19-15-18(17-7-5-4-6-8-17)23-20(24-19)25-11-9-21(10-12-25)26-13-14-27-21/h4-8,15-16H,3,9-14H2,1-2H3,(H,22,23,24). The summed E-state index contributed by atoms with van der Waals surface area (Å²) < 4.78 is 11.7. The fraction of sp³-hybridized carbons (Fsp3) is 0.524. The van der Waals surface area contributed by atoms with Crippen LogP contribution in [0, 0.1) is 0 Å². The summed E-state index contributed by atoms with van der Waals surface area (Å²) in [5.41, 5.74) is 2.05. The summed E-state index contributed by atoms with van der Waals surface area (Å²) in [5.74, 6) is 1.27. The van der Waals surface area contributed by atoms with Gasteiger partial charge in [0, 0.05) is 43.6 Å². The number of hydrogen-bond donors (Lipinski definition) is 1. The maximum Gasteiger partial charge on any atom is 0.227 e. The van der Waals surface area contributed by atoms with Crippen molar-refractivity contribution in [2.75, 3.05) is 36.5 Å². The second kappa shape index (κ2) is 7.82. The highest BCUT2D eigenvalue weighted by molar-refractivity contribution is 5.64. The molecule has 1 aromatic heterocycles. The van der Waals surface area contributed by atoms with Gasteiger partial charge in [-0.3, -0.25) is 0 Å². The number of piperidine rings is 1. The predicted molar refractivity (Wildman–Crippen MR) is 107 cm³/mol. The molecule has 144 valence electrons. The van der Waals surface area contributed by atoms with Gasteiger partial charge in [-0.05, 0) is 13.3 Å². The number of nitrogens with zero attached hydrogens (tertiary/aromatic N) is 3. The molecule has 0 radical (unpaired) electrons. The van der Waals surface area contributed by atoms with Gasteiger partial charge in [-0.15, -0.1) is 0 Å². The number of ether oxygens (including phenoxy) is 2. The Bertz CT molecular complexity index is 752. The van der Waals surface area contributed by atoms with Gasteiger partial charge in [0.1, 0.15) is 5.82 Å². The number of rotatable bonds is 5. The molecule has 2 fully saturated rings. The van der Waals surface area contributed by atoms with Gasteiger partial charge in [0.25, 0.3) is 0 Å². The molecule has 0 bridgehead atoms. The summed E-state index contributed by atoms with van der Waals surface area (Å²) in [6, 6.07) is 12.7. The van der Waals surface area contributed by atoms with Crippen molar-refractivity contribution in [2.45, 2.75) is 44.9 Å². The van der Waals surface area contributed by atoms with Crippen LogP contribution in [0.4, 0.5) is 11.8 Å². The smallest absolute Gasteiger partial charge is 0.227 e. The zero-order valence-corrected chi connectivity index (χ0v) is 16.1. The Morgan fingerprint density at radius 3 is 2.48 bits per heavy atom. The highest BCUT2D eigenvalue weighted by Gasteiger charge is 2.40. The van der Waals surface area contributed by atoms with E-state index in [2.05, 4.69) is 36.2 Å². The molecule has 1 N–H and O–H groups in total. The molecular formula is C21H28N4O2. The van der Waals surface area contributed by atoms with E-state index < -0.39 is 0 Å². The summed E-state index contributed by atoms with van der Waals surface area (Å²) in [5, 5.41) is 3.50. The van der Waals surface area contributed by atoms with Gasteiger partial charge in [0.05, 0.1) is 18.9 Å². The summed E-state index contributed by atoms with van der Waals surface area (Å²) in [4.78, 5) is 11.9. The van der Waals surface area contributed by atoms with Gasteiger partial charge in [-0.2, -0.15) is 4.98 Å². The first-order valence-electron chi connectivity index (χ1n) is 9.91. The second-order valence-electron chi connectivity index (χ2n) is 7.35. The Labute approximate surface area is 160 Å². The molecule has 1 aromatic carbocycles. The molecule has 1 unspecified atom stereocenters. The van der Waals surface area contributed by atoms with Crippen molar-refractivity contribution in [3.05, 3.63) is 36.4 Å². The molecule has 6 heteroatoms. The third-order valence-corrected chi connectivity index (χ3v) is 5.41. The number of aromatic nitrogens is 2. The Balaban J connectivity index is 1.60. The summed E-state index contributed by atoms with van der Waals surface area (Å²) in [6.07, 6.45) is 2.74. The molecule has 2 saturated heterocycles. The molecule has 27 heavy (non-hydrogen) atoms. The lowest BCUT2D eigenvalue weighted by molar-refractivity contribution is -0.169. The minimum Gasteiger partial charge on any atom is -0.367 e. The van der Waals surface area contributed by atoms with Crippen molar-refractivity contribution < 1.29 is 9.47 Å². The van der Waals surface area contributed by atoms with E-state index in [-0.39, 0.29) is 5.79 Å². The van der Waals surface area contributed by atoms with E-state index >= 15 is 0 Å². The van der Waals surface area contributed by atoms with Crippen LogP contribution >= 0.6 is 0 Å². The summed E-state index contributed by atoms with van der Waals surface area (Å²) in [6.45, 7) is 7.40. The van der Waals surface area contributed by atoms with Crippen molar-refractivity contribution in [2.24, 2.45) is 0 Å². The molecule has 2 aliphatic heterocycles. The van der Waals surface area contributed by atoms with E-state index in [0.29, 0.717) is 19.3 Å². The van der Waals surface area contributed by atoms with Crippen LogP contribution in [0.2, 0.25) is 0 Å². The van der Waals surface area contributed by atoms with Crippen molar-refractivity contribution in [3.63, 3.8) is 0 Å². The van der Waals surface area contributed by atoms with E-state index in [1.54, 1.807) is 0 Å². The fourth-order valence-electron chi connectivity index (χ4n) is 3.59. The highest BCUT2D eigenvalue weighted by atomic mass is 16.7. The molecule has 6 nitrogen and oxygen atoms in total. The fourth-order valence-corrected chi connectivity index (χ4v) is 3.59. The SMILES string of the molecule is CCC(C)Nc1cc(-c2ccccc2)nc(N2CCC3(CC2)OCCO3)n1. The lowest BCUT2D eigenvalue weighted by Crippen LogP contribution is -2.45. The monoisotopic (exact) mass is 368 g/mol. The van der Waals surface area contributed by atoms with Crippen LogP contribution in [0.5, 0.6) is 0 Å².